The van der Waals surface area contributed by atoms with Crippen LogP contribution in [0.1, 0.15) is 28.3 Å². The number of carbonyl (C=O) groups excluding carboxylic acids is 1. The normalized spacial score (nSPS) is 17.0. The zero-order valence-corrected chi connectivity index (χ0v) is 14.2. The number of piperazine rings is 1. The summed E-state index contributed by atoms with van der Waals surface area (Å²) in [6.45, 7) is 5.79. The molecule has 122 valence electrons. The lowest BCUT2D eigenvalue weighted by Crippen LogP contribution is -2.48. The summed E-state index contributed by atoms with van der Waals surface area (Å²) in [6, 6.07) is 3.96. The van der Waals surface area contributed by atoms with Gasteiger partial charge in [-0.05, 0) is 19.1 Å². The smallest absolute Gasteiger partial charge is 0.254 e. The summed E-state index contributed by atoms with van der Waals surface area (Å²) < 4.78 is 0. The van der Waals surface area contributed by atoms with Gasteiger partial charge in [0.1, 0.15) is 10.8 Å². The van der Waals surface area contributed by atoms with E-state index >= 15 is 0 Å². The average molecular weight is 331 g/mol. The second-order valence-corrected chi connectivity index (χ2v) is 6.45. The van der Waals surface area contributed by atoms with Crippen molar-refractivity contribution in [2.75, 3.05) is 38.1 Å². The molecule has 0 aliphatic carbocycles. The van der Waals surface area contributed by atoms with Gasteiger partial charge >= 0.3 is 0 Å². The van der Waals surface area contributed by atoms with Crippen molar-refractivity contribution in [2.45, 2.75) is 13.0 Å². The van der Waals surface area contributed by atoms with Crippen molar-refractivity contribution < 1.29 is 4.79 Å². The number of rotatable bonds is 4. The molecule has 1 amide bonds. The van der Waals surface area contributed by atoms with Gasteiger partial charge in [-0.3, -0.25) is 9.69 Å². The molecule has 3 heterocycles. The third-order valence-electron chi connectivity index (χ3n) is 4.23. The van der Waals surface area contributed by atoms with E-state index in [0.29, 0.717) is 11.6 Å². The van der Waals surface area contributed by atoms with Gasteiger partial charge in [-0.1, -0.05) is 0 Å². The highest BCUT2D eigenvalue weighted by Gasteiger charge is 2.26. The molecule has 0 saturated carbocycles. The summed E-state index contributed by atoms with van der Waals surface area (Å²) in [5.74, 6) is 0.681. The van der Waals surface area contributed by atoms with Crippen LogP contribution in [-0.4, -0.2) is 54.0 Å². The van der Waals surface area contributed by atoms with E-state index in [1.165, 1.54) is 0 Å². The fourth-order valence-electron chi connectivity index (χ4n) is 2.88. The maximum atomic E-state index is 12.0. The molecule has 1 unspecified atom stereocenters. The lowest BCUT2D eigenvalue weighted by atomic mass is 10.2. The van der Waals surface area contributed by atoms with Gasteiger partial charge in [0.05, 0.1) is 11.6 Å². The van der Waals surface area contributed by atoms with Gasteiger partial charge in [0, 0.05) is 51.0 Å². The van der Waals surface area contributed by atoms with Gasteiger partial charge in [0.15, 0.2) is 0 Å². The predicted octanol–water partition coefficient (Wildman–Crippen LogP) is 1.78. The van der Waals surface area contributed by atoms with Crippen LogP contribution in [-0.2, 0) is 0 Å². The van der Waals surface area contributed by atoms with Crippen molar-refractivity contribution >= 4 is 23.1 Å². The van der Waals surface area contributed by atoms with Crippen LogP contribution >= 0.6 is 11.3 Å². The largest absolute Gasteiger partial charge is 0.355 e. The molecule has 0 aromatic carbocycles. The first-order valence-electron chi connectivity index (χ1n) is 7.76. The predicted molar refractivity (Wildman–Crippen MR) is 91.9 cm³/mol. The highest BCUT2D eigenvalue weighted by Crippen LogP contribution is 2.25. The van der Waals surface area contributed by atoms with E-state index in [2.05, 4.69) is 32.0 Å². The second kappa shape index (κ2) is 7.06. The van der Waals surface area contributed by atoms with Gasteiger partial charge in [-0.15, -0.1) is 11.3 Å². The Kier molecular flexibility index (Phi) is 4.88. The molecule has 1 saturated heterocycles. The zero-order valence-electron chi connectivity index (χ0n) is 13.4. The zero-order chi connectivity index (χ0) is 16.2. The van der Waals surface area contributed by atoms with E-state index in [-0.39, 0.29) is 5.91 Å². The first kappa shape index (κ1) is 15.9. The van der Waals surface area contributed by atoms with Crippen molar-refractivity contribution in [2.24, 2.45) is 0 Å². The molecule has 1 N–H and O–H groups in total. The number of pyridine rings is 1. The highest BCUT2D eigenvalue weighted by molar-refractivity contribution is 7.09. The molecule has 23 heavy (non-hydrogen) atoms. The van der Waals surface area contributed by atoms with E-state index in [4.69, 9.17) is 0 Å². The Morgan fingerprint density at radius 1 is 1.26 bits per heavy atom. The number of nitrogens with zero attached hydrogens (tertiary/aromatic N) is 4. The molecule has 3 rings (SSSR count). The van der Waals surface area contributed by atoms with Gasteiger partial charge in [0.2, 0.25) is 0 Å². The lowest BCUT2D eigenvalue weighted by Gasteiger charge is -2.38. The molecule has 0 radical (unpaired) electrons. The first-order valence-corrected chi connectivity index (χ1v) is 8.64. The molecule has 6 nitrogen and oxygen atoms in total. The van der Waals surface area contributed by atoms with Crippen molar-refractivity contribution in [3.8, 4) is 0 Å². The van der Waals surface area contributed by atoms with Gasteiger partial charge < -0.3 is 10.2 Å². The van der Waals surface area contributed by atoms with E-state index in [1.54, 1.807) is 30.6 Å². The summed E-state index contributed by atoms with van der Waals surface area (Å²) >= 11 is 1.70. The van der Waals surface area contributed by atoms with E-state index in [1.807, 2.05) is 17.6 Å². The number of anilines is 1. The Labute approximate surface area is 140 Å². The Balaban J connectivity index is 1.69. The fourth-order valence-corrected chi connectivity index (χ4v) is 3.61. The monoisotopic (exact) mass is 331 g/mol. The van der Waals surface area contributed by atoms with Crippen LogP contribution in [0.15, 0.2) is 29.9 Å². The van der Waals surface area contributed by atoms with Crippen LogP contribution in [0.2, 0.25) is 0 Å². The number of amides is 1. The Bertz CT molecular complexity index is 652. The van der Waals surface area contributed by atoms with Crippen LogP contribution in [0.4, 0.5) is 5.82 Å². The van der Waals surface area contributed by atoms with Crippen molar-refractivity contribution in [3.63, 3.8) is 0 Å². The lowest BCUT2D eigenvalue weighted by molar-refractivity contribution is 0.0963. The molecule has 0 spiro atoms. The van der Waals surface area contributed by atoms with E-state index < -0.39 is 0 Å². The van der Waals surface area contributed by atoms with Crippen LogP contribution in [0.3, 0.4) is 0 Å². The standard InChI is InChI=1S/C16H21N5OS/c1-12(16-19-6-11-23-16)20-7-9-21(10-8-20)14-13(15(22)17-2)4-3-5-18-14/h3-6,11-12H,7-10H2,1-2H3,(H,17,22). The molecule has 2 aromatic heterocycles. The summed E-state index contributed by atoms with van der Waals surface area (Å²) in [5, 5.41) is 5.86. The maximum absolute atomic E-state index is 12.0. The van der Waals surface area contributed by atoms with E-state index in [0.717, 1.165) is 37.0 Å². The number of thiazole rings is 1. The molecular formula is C16H21N5OS. The molecule has 1 atom stereocenters. The SMILES string of the molecule is CNC(=O)c1cccnc1N1CCN(C(C)c2nccs2)CC1. The molecule has 7 heteroatoms. The Morgan fingerprint density at radius 3 is 2.70 bits per heavy atom. The molecular weight excluding hydrogens is 310 g/mol. The van der Waals surface area contributed by atoms with Gasteiger partial charge in [-0.25, -0.2) is 9.97 Å². The van der Waals surface area contributed by atoms with Crippen molar-refractivity contribution in [1.82, 2.24) is 20.2 Å². The van der Waals surface area contributed by atoms with Crippen LogP contribution < -0.4 is 10.2 Å². The topological polar surface area (TPSA) is 61.4 Å². The van der Waals surface area contributed by atoms with Crippen molar-refractivity contribution in [3.05, 3.63) is 40.5 Å². The number of carbonyl (C=O) groups is 1. The Morgan fingerprint density at radius 2 is 2.04 bits per heavy atom. The number of hydrogen-bond donors (Lipinski definition) is 1. The third-order valence-corrected chi connectivity index (χ3v) is 5.17. The molecule has 1 aliphatic heterocycles. The Hall–Kier alpha value is -1.99. The minimum Gasteiger partial charge on any atom is -0.355 e. The number of hydrogen-bond acceptors (Lipinski definition) is 6. The second-order valence-electron chi connectivity index (χ2n) is 5.52. The van der Waals surface area contributed by atoms with Crippen LogP contribution in [0, 0.1) is 0 Å². The average Bonchev–Trinajstić information content (AvgIpc) is 3.15. The summed E-state index contributed by atoms with van der Waals surface area (Å²) in [6.07, 6.45) is 3.60. The molecule has 0 bridgehead atoms. The molecule has 1 fully saturated rings. The highest BCUT2D eigenvalue weighted by atomic mass is 32.1. The maximum Gasteiger partial charge on any atom is 0.254 e. The van der Waals surface area contributed by atoms with Crippen molar-refractivity contribution in [1.29, 1.82) is 0 Å². The third kappa shape index (κ3) is 3.35. The number of nitrogens with one attached hydrogen (secondary N) is 1. The minimum atomic E-state index is -0.0910. The quantitative estimate of drug-likeness (QED) is 0.925. The summed E-state index contributed by atoms with van der Waals surface area (Å²) in [5.41, 5.74) is 0.636. The molecule has 1 aliphatic rings. The number of aromatic nitrogens is 2. The first-order chi connectivity index (χ1) is 11.2. The van der Waals surface area contributed by atoms with Crippen LogP contribution in [0.25, 0.3) is 0 Å². The van der Waals surface area contributed by atoms with Crippen LogP contribution in [0.5, 0.6) is 0 Å². The molecule has 2 aromatic rings. The fraction of sp³-hybridized carbons (Fsp3) is 0.438. The van der Waals surface area contributed by atoms with Gasteiger partial charge in [-0.2, -0.15) is 0 Å². The minimum absolute atomic E-state index is 0.0910. The van der Waals surface area contributed by atoms with E-state index in [9.17, 15) is 4.79 Å². The summed E-state index contributed by atoms with van der Waals surface area (Å²) in [7, 11) is 1.65. The summed E-state index contributed by atoms with van der Waals surface area (Å²) in [4.78, 5) is 25.5. The van der Waals surface area contributed by atoms with Gasteiger partial charge in [0.25, 0.3) is 5.91 Å².